The third-order valence-corrected chi connectivity index (χ3v) is 4.77. The largest absolute Gasteiger partial charge is 0.322 e. The predicted molar refractivity (Wildman–Crippen MR) is 107 cm³/mol. The lowest BCUT2D eigenvalue weighted by Gasteiger charge is -2.07. The lowest BCUT2D eigenvalue weighted by atomic mass is 10.1. The molecule has 6 nitrogen and oxygen atoms in total. The van der Waals surface area contributed by atoms with Crippen LogP contribution in [0.15, 0.2) is 66.0 Å². The van der Waals surface area contributed by atoms with Crippen molar-refractivity contribution in [3.63, 3.8) is 0 Å². The summed E-state index contributed by atoms with van der Waals surface area (Å²) in [7, 11) is 0. The number of thiophene rings is 1. The summed E-state index contributed by atoms with van der Waals surface area (Å²) in [6.45, 7) is 3.74. The molecule has 2 N–H and O–H groups in total. The number of nitrogens with one attached hydrogen (secondary N) is 2. The van der Waals surface area contributed by atoms with Gasteiger partial charge in [-0.1, -0.05) is 12.1 Å². The number of aromatic nitrogens is 1. The maximum absolute atomic E-state index is 12.2. The molecule has 1 aromatic carbocycles. The van der Waals surface area contributed by atoms with E-state index in [-0.39, 0.29) is 11.8 Å². The van der Waals surface area contributed by atoms with E-state index in [4.69, 9.17) is 0 Å². The van der Waals surface area contributed by atoms with Crippen LogP contribution in [-0.2, 0) is 0 Å². The van der Waals surface area contributed by atoms with Crippen molar-refractivity contribution in [1.29, 1.82) is 0 Å². The number of anilines is 1. The third-order valence-electron chi connectivity index (χ3n) is 3.77. The minimum absolute atomic E-state index is 0.217. The van der Waals surface area contributed by atoms with Gasteiger partial charge in [0.05, 0.1) is 10.6 Å². The van der Waals surface area contributed by atoms with E-state index in [1.165, 1.54) is 11.3 Å². The summed E-state index contributed by atoms with van der Waals surface area (Å²) in [5, 5.41) is 7.00. The molecule has 0 bridgehead atoms. The lowest BCUT2D eigenvalue weighted by molar-refractivity contribution is 0.0958. The second-order valence-electron chi connectivity index (χ2n) is 5.82. The van der Waals surface area contributed by atoms with E-state index in [9.17, 15) is 9.59 Å². The molecule has 0 saturated carbocycles. The van der Waals surface area contributed by atoms with E-state index >= 15 is 0 Å². The summed E-state index contributed by atoms with van der Waals surface area (Å²) in [4.78, 5) is 29.9. The molecule has 0 aliphatic rings. The zero-order valence-corrected chi connectivity index (χ0v) is 15.7. The van der Waals surface area contributed by atoms with Crippen molar-refractivity contribution in [3.05, 3.63) is 81.8 Å². The second kappa shape index (κ2) is 8.37. The maximum atomic E-state index is 12.2. The van der Waals surface area contributed by atoms with Gasteiger partial charge in [0, 0.05) is 28.5 Å². The van der Waals surface area contributed by atoms with Crippen LogP contribution in [-0.4, -0.2) is 22.5 Å². The van der Waals surface area contributed by atoms with Crippen LogP contribution in [0.1, 0.15) is 37.4 Å². The number of nitrogens with zero attached hydrogens (tertiary/aromatic N) is 2. The number of hydrogen-bond donors (Lipinski definition) is 2. The Kier molecular flexibility index (Phi) is 5.73. The molecule has 2 amide bonds. The molecule has 3 aromatic rings. The minimum atomic E-state index is -0.241. The van der Waals surface area contributed by atoms with Gasteiger partial charge in [-0.3, -0.25) is 14.6 Å². The summed E-state index contributed by atoms with van der Waals surface area (Å²) in [6, 6.07) is 14.2. The van der Waals surface area contributed by atoms with Gasteiger partial charge in [-0.25, -0.2) is 5.43 Å². The number of pyridine rings is 1. The molecule has 0 aliphatic carbocycles. The van der Waals surface area contributed by atoms with Crippen LogP contribution in [0, 0.1) is 6.92 Å². The molecule has 136 valence electrons. The number of carbonyl (C=O) groups excluding carboxylic acids is 2. The predicted octanol–water partition coefficient (Wildman–Crippen LogP) is 3.86. The normalized spacial score (nSPS) is 11.1. The summed E-state index contributed by atoms with van der Waals surface area (Å²) in [5.41, 5.74) is 5.16. The Labute approximate surface area is 161 Å². The molecule has 0 spiro atoms. The van der Waals surface area contributed by atoms with Crippen molar-refractivity contribution in [2.24, 2.45) is 5.10 Å². The topological polar surface area (TPSA) is 83.5 Å². The van der Waals surface area contributed by atoms with Gasteiger partial charge in [-0.2, -0.15) is 5.10 Å². The fourth-order valence-electron chi connectivity index (χ4n) is 2.34. The summed E-state index contributed by atoms with van der Waals surface area (Å²) >= 11 is 1.42. The van der Waals surface area contributed by atoms with E-state index in [1.54, 1.807) is 49.6 Å². The molecule has 0 radical (unpaired) electrons. The van der Waals surface area contributed by atoms with E-state index < -0.39 is 0 Å². The van der Waals surface area contributed by atoms with E-state index in [2.05, 4.69) is 20.8 Å². The average Bonchev–Trinajstić information content (AvgIpc) is 3.13. The Morgan fingerprint density at radius 3 is 2.48 bits per heavy atom. The van der Waals surface area contributed by atoms with Crippen LogP contribution in [0.25, 0.3) is 0 Å². The molecule has 0 saturated heterocycles. The summed E-state index contributed by atoms with van der Waals surface area (Å²) < 4.78 is 0. The molecule has 0 unspecified atom stereocenters. The number of rotatable bonds is 5. The fourth-order valence-corrected chi connectivity index (χ4v) is 3.10. The molecule has 0 atom stereocenters. The van der Waals surface area contributed by atoms with Gasteiger partial charge in [0.15, 0.2) is 0 Å². The lowest BCUT2D eigenvalue weighted by Crippen LogP contribution is -2.18. The monoisotopic (exact) mass is 378 g/mol. The first-order chi connectivity index (χ1) is 13.0. The van der Waals surface area contributed by atoms with Gasteiger partial charge in [0.25, 0.3) is 11.8 Å². The number of aryl methyl sites for hydroxylation is 1. The molecule has 2 heterocycles. The van der Waals surface area contributed by atoms with E-state index in [1.807, 2.05) is 25.1 Å². The first-order valence-corrected chi connectivity index (χ1v) is 9.07. The molecular weight excluding hydrogens is 360 g/mol. The standard InChI is InChI=1S/C20H18N4O2S/c1-13-6-7-18(27-13)20(26)24-23-14(2)16-4-3-5-17(12-16)22-19(25)15-8-10-21-11-9-15/h3-12H,1-2H3,(H,22,25)(H,24,26)/b23-14-. The van der Waals surface area contributed by atoms with Crippen molar-refractivity contribution >= 4 is 34.6 Å². The molecular formula is C20H18N4O2S. The van der Waals surface area contributed by atoms with Crippen LogP contribution >= 0.6 is 11.3 Å². The highest BCUT2D eigenvalue weighted by molar-refractivity contribution is 7.13. The number of hydrazone groups is 1. The van der Waals surface area contributed by atoms with Crippen LogP contribution in [0.4, 0.5) is 5.69 Å². The SMILES string of the molecule is C/C(=N/NC(=O)c1ccc(C)s1)c1cccc(NC(=O)c2ccncc2)c1. The fraction of sp³-hybridized carbons (Fsp3) is 0.100. The number of benzene rings is 1. The smallest absolute Gasteiger partial charge is 0.281 e. The van der Waals surface area contributed by atoms with Gasteiger partial charge < -0.3 is 5.32 Å². The van der Waals surface area contributed by atoms with Crippen LogP contribution in [0.5, 0.6) is 0 Å². The molecule has 7 heteroatoms. The van der Waals surface area contributed by atoms with Gasteiger partial charge in [-0.05, 0) is 55.8 Å². The Balaban J connectivity index is 1.68. The van der Waals surface area contributed by atoms with Crippen molar-refractivity contribution in [2.45, 2.75) is 13.8 Å². The number of amides is 2. The highest BCUT2D eigenvalue weighted by atomic mass is 32.1. The zero-order valence-electron chi connectivity index (χ0n) is 14.9. The van der Waals surface area contributed by atoms with Crippen LogP contribution in [0.2, 0.25) is 0 Å². The summed E-state index contributed by atoms with van der Waals surface area (Å²) in [6.07, 6.45) is 3.14. The van der Waals surface area contributed by atoms with Crippen molar-refractivity contribution < 1.29 is 9.59 Å². The third kappa shape index (κ3) is 4.86. The first-order valence-electron chi connectivity index (χ1n) is 8.26. The molecule has 2 aromatic heterocycles. The second-order valence-corrected chi connectivity index (χ2v) is 7.11. The Morgan fingerprint density at radius 2 is 1.78 bits per heavy atom. The number of carbonyl (C=O) groups is 2. The molecule has 0 fully saturated rings. The Hall–Kier alpha value is -3.32. The highest BCUT2D eigenvalue weighted by Crippen LogP contribution is 2.15. The molecule has 3 rings (SSSR count). The van der Waals surface area contributed by atoms with E-state index in [0.29, 0.717) is 21.8 Å². The first kappa shape index (κ1) is 18.5. The zero-order chi connectivity index (χ0) is 19.2. The van der Waals surface area contributed by atoms with Crippen molar-refractivity contribution in [1.82, 2.24) is 10.4 Å². The average molecular weight is 378 g/mol. The highest BCUT2D eigenvalue weighted by Gasteiger charge is 2.09. The Bertz CT molecular complexity index is 996. The van der Waals surface area contributed by atoms with E-state index in [0.717, 1.165) is 10.4 Å². The van der Waals surface area contributed by atoms with Gasteiger partial charge in [0.2, 0.25) is 0 Å². The number of hydrogen-bond acceptors (Lipinski definition) is 5. The maximum Gasteiger partial charge on any atom is 0.281 e. The van der Waals surface area contributed by atoms with Gasteiger partial charge in [0.1, 0.15) is 0 Å². The van der Waals surface area contributed by atoms with Gasteiger partial charge in [-0.15, -0.1) is 11.3 Å². The quantitative estimate of drug-likeness (QED) is 0.522. The Morgan fingerprint density at radius 1 is 1.00 bits per heavy atom. The van der Waals surface area contributed by atoms with Crippen molar-refractivity contribution in [3.8, 4) is 0 Å². The van der Waals surface area contributed by atoms with Crippen LogP contribution < -0.4 is 10.7 Å². The molecule has 0 aliphatic heterocycles. The van der Waals surface area contributed by atoms with Crippen molar-refractivity contribution in [2.75, 3.05) is 5.32 Å². The van der Waals surface area contributed by atoms with Crippen LogP contribution in [0.3, 0.4) is 0 Å². The minimum Gasteiger partial charge on any atom is -0.322 e. The summed E-state index contributed by atoms with van der Waals surface area (Å²) in [5.74, 6) is -0.458. The van der Waals surface area contributed by atoms with Gasteiger partial charge >= 0.3 is 0 Å². The molecule has 27 heavy (non-hydrogen) atoms.